The number of morpholine rings is 1. The smallest absolute Gasteiger partial charge is 0.258 e. The number of fused-ring (bicyclic) bond motifs is 2. The zero-order chi connectivity index (χ0) is 49.2. The van der Waals surface area contributed by atoms with Crippen LogP contribution in [-0.2, 0) is 28.7 Å². The van der Waals surface area contributed by atoms with Gasteiger partial charge in [0.15, 0.2) is 23.8 Å². The minimum atomic E-state index is -2.04. The van der Waals surface area contributed by atoms with Gasteiger partial charge in [0.1, 0.15) is 22.9 Å². The van der Waals surface area contributed by atoms with E-state index in [2.05, 4.69) is 30.5 Å². The molecule has 1 saturated carbocycles. The van der Waals surface area contributed by atoms with E-state index in [-0.39, 0.29) is 69.4 Å². The molecule has 8 rings (SSSR count). The maximum absolute atomic E-state index is 15.2. The van der Waals surface area contributed by atoms with Crippen LogP contribution in [0, 0.1) is 24.0 Å². The van der Waals surface area contributed by atoms with Crippen molar-refractivity contribution in [2.24, 2.45) is 5.41 Å². The van der Waals surface area contributed by atoms with Gasteiger partial charge in [-0.3, -0.25) is 24.0 Å². The zero-order valence-corrected chi connectivity index (χ0v) is 40.5. The Labute approximate surface area is 405 Å². The lowest BCUT2D eigenvalue weighted by molar-refractivity contribution is -0.145. The van der Waals surface area contributed by atoms with Gasteiger partial charge in [-0.05, 0) is 84.8 Å². The highest BCUT2D eigenvalue weighted by atomic mass is 32.1. The van der Waals surface area contributed by atoms with Crippen molar-refractivity contribution in [1.29, 1.82) is 0 Å². The second-order valence-electron chi connectivity index (χ2n) is 19.3. The van der Waals surface area contributed by atoms with Gasteiger partial charge < -0.3 is 45.6 Å². The highest BCUT2D eigenvalue weighted by molar-refractivity contribution is 7.13. The maximum Gasteiger partial charge on any atom is 0.258 e. The number of aliphatic hydroxyl groups excluding tert-OH is 1. The number of ether oxygens (including phenoxy) is 2. The van der Waals surface area contributed by atoms with Crippen LogP contribution in [-0.4, -0.2) is 124 Å². The molecule has 1 aliphatic carbocycles. The SMILES string of the molecule is Cc1cnsc1-c1ccc(C(CC(=O)NCCCNC(=O)COc2c(-c3nc(N4C5CCC4COC5)cs3)ccc(F)c2F)NC(=O)C2C[C@@H](O)CN2C(=O)[C@@H](NC(=O)C2(F)CC2)C(C)(C)C)cc1. The summed E-state index contributed by atoms with van der Waals surface area (Å²) >= 11 is 2.60. The number of hydrogen-bond acceptors (Lipinski definition) is 13. The van der Waals surface area contributed by atoms with Crippen molar-refractivity contribution in [2.75, 3.05) is 44.4 Å². The number of aromatic nitrogens is 2. The van der Waals surface area contributed by atoms with Crippen molar-refractivity contribution < 1.29 is 51.7 Å². The number of aryl methyl sites for hydroxylation is 1. The van der Waals surface area contributed by atoms with E-state index < -0.39 is 88.8 Å². The molecule has 0 radical (unpaired) electrons. The Hall–Kier alpha value is -5.64. The van der Waals surface area contributed by atoms with Crippen LogP contribution in [0.1, 0.15) is 82.9 Å². The largest absolute Gasteiger partial charge is 0.480 e. The number of hydrogen-bond donors (Lipinski definition) is 5. The Balaban J connectivity index is 0.867. The van der Waals surface area contributed by atoms with Gasteiger partial charge in [0.05, 0.1) is 54.3 Å². The monoisotopic (exact) mass is 994 g/mol. The van der Waals surface area contributed by atoms with Crippen LogP contribution in [0.3, 0.4) is 0 Å². The average Bonchev–Trinajstić information content (AvgIpc) is 3.67. The number of likely N-dealkylation sites (tertiary alicyclic amines) is 1. The molecular weight excluding hydrogens is 938 g/mol. The fourth-order valence-corrected chi connectivity index (χ4v) is 10.6. The summed E-state index contributed by atoms with van der Waals surface area (Å²) in [6, 6.07) is 6.81. The van der Waals surface area contributed by atoms with Crippen molar-refractivity contribution in [3.63, 3.8) is 0 Å². The molecule has 0 spiro atoms. The third-order valence-corrected chi connectivity index (χ3v) is 14.8. The number of thiazole rings is 1. The van der Waals surface area contributed by atoms with Crippen molar-refractivity contribution in [1.82, 2.24) is 35.5 Å². The van der Waals surface area contributed by atoms with E-state index in [0.717, 1.165) is 40.7 Å². The van der Waals surface area contributed by atoms with E-state index in [9.17, 15) is 37.9 Å². The summed E-state index contributed by atoms with van der Waals surface area (Å²) < 4.78 is 59.8. The molecule has 6 atom stereocenters. The first-order chi connectivity index (χ1) is 32.9. The van der Waals surface area contributed by atoms with E-state index in [1.54, 1.807) is 39.1 Å². The van der Waals surface area contributed by atoms with Crippen molar-refractivity contribution in [3.05, 3.63) is 70.7 Å². The Morgan fingerprint density at radius 3 is 2.33 bits per heavy atom. The average molecular weight is 995 g/mol. The van der Waals surface area contributed by atoms with Gasteiger partial charge in [0.2, 0.25) is 23.5 Å². The quantitative estimate of drug-likeness (QED) is 0.0827. The van der Waals surface area contributed by atoms with Gasteiger partial charge in [-0.2, -0.15) is 4.39 Å². The number of nitrogens with one attached hydrogen (secondary N) is 4. The van der Waals surface area contributed by atoms with Gasteiger partial charge in [0, 0.05) is 37.6 Å². The number of benzene rings is 2. The number of anilines is 1. The van der Waals surface area contributed by atoms with Gasteiger partial charge in [-0.25, -0.2) is 18.1 Å². The van der Waals surface area contributed by atoms with Crippen molar-refractivity contribution in [3.8, 4) is 26.8 Å². The molecule has 4 aliphatic rings. The molecule has 16 nitrogen and oxygen atoms in total. The number of carbonyl (C=O) groups excluding carboxylic acids is 5. The fraction of sp³-hybridized carbons (Fsp3) is 0.521. The summed E-state index contributed by atoms with van der Waals surface area (Å²) in [5.74, 6) is -5.26. The molecule has 370 valence electrons. The molecule has 5 heterocycles. The van der Waals surface area contributed by atoms with E-state index in [1.165, 1.54) is 33.8 Å². The van der Waals surface area contributed by atoms with Gasteiger partial charge >= 0.3 is 0 Å². The van der Waals surface area contributed by atoms with Crippen LogP contribution in [0.5, 0.6) is 5.75 Å². The van der Waals surface area contributed by atoms with Crippen molar-refractivity contribution >= 4 is 58.2 Å². The zero-order valence-electron chi connectivity index (χ0n) is 38.8. The molecule has 2 aromatic carbocycles. The van der Waals surface area contributed by atoms with E-state index in [1.807, 2.05) is 24.4 Å². The van der Waals surface area contributed by atoms with Gasteiger partial charge in [0.25, 0.3) is 11.8 Å². The lowest BCUT2D eigenvalue weighted by Gasteiger charge is -2.36. The highest BCUT2D eigenvalue weighted by Crippen LogP contribution is 2.42. The number of halogens is 3. The third kappa shape index (κ3) is 11.4. The van der Waals surface area contributed by atoms with Gasteiger partial charge in [-0.15, -0.1) is 11.3 Å². The molecule has 2 aromatic heterocycles. The topological polar surface area (TPSA) is 204 Å². The number of β-amino-alcohol motifs (C(OH)–C–C–N with tert-alkyl or cyclic N) is 1. The van der Waals surface area contributed by atoms with E-state index >= 15 is 4.39 Å². The molecule has 5 N–H and O–H groups in total. The number of rotatable bonds is 18. The molecule has 69 heavy (non-hydrogen) atoms. The lowest BCUT2D eigenvalue weighted by Crippen LogP contribution is -2.59. The summed E-state index contributed by atoms with van der Waals surface area (Å²) in [5, 5.41) is 24.0. The third-order valence-electron chi connectivity index (χ3n) is 13.0. The number of nitrogens with zero attached hydrogens (tertiary/aromatic N) is 4. The van der Waals surface area contributed by atoms with Crippen LogP contribution < -0.4 is 30.9 Å². The maximum atomic E-state index is 15.2. The second kappa shape index (κ2) is 20.8. The predicted octanol–water partition coefficient (Wildman–Crippen LogP) is 5.13. The fourth-order valence-electron chi connectivity index (χ4n) is 9.02. The summed E-state index contributed by atoms with van der Waals surface area (Å²) in [4.78, 5) is 76.5. The van der Waals surface area contributed by atoms with Crippen LogP contribution in [0.25, 0.3) is 21.0 Å². The molecule has 5 amide bonds. The molecule has 4 aromatic rings. The van der Waals surface area contributed by atoms with Crippen LogP contribution >= 0.6 is 22.9 Å². The lowest BCUT2D eigenvalue weighted by atomic mass is 9.85. The minimum Gasteiger partial charge on any atom is -0.480 e. The highest BCUT2D eigenvalue weighted by Gasteiger charge is 2.53. The molecule has 2 bridgehead atoms. The molecule has 4 fully saturated rings. The Morgan fingerprint density at radius 2 is 1.68 bits per heavy atom. The molecule has 4 unspecified atom stereocenters. The van der Waals surface area contributed by atoms with Gasteiger partial charge in [-0.1, -0.05) is 45.0 Å². The Bertz CT molecular complexity index is 2530. The first kappa shape index (κ1) is 49.8. The van der Waals surface area contributed by atoms with Crippen LogP contribution in [0.4, 0.5) is 19.0 Å². The first-order valence-corrected chi connectivity index (χ1v) is 24.8. The Morgan fingerprint density at radius 1 is 0.986 bits per heavy atom. The number of aliphatic hydroxyl groups is 1. The molecular formula is C48H57F3N8O8S2. The number of carbonyl (C=O) groups is 5. The van der Waals surface area contributed by atoms with E-state index in [4.69, 9.17) is 14.5 Å². The van der Waals surface area contributed by atoms with Crippen LogP contribution in [0.15, 0.2) is 48.0 Å². The standard InChI is InChI=1S/C48H57F3N8O8S2/c1-26-20-54-69-41(26)28-8-6-27(7-9-28)34(55-43(63)35-18-31(60)21-58(35)45(64)42(47(2,3)4)57-46(65)48(51)14-15-48)19-37(61)52-16-5-17-53-38(62)24-67-40-32(12-13-33(49)39(40)50)44-56-36(25-68-44)59-29-10-11-30(59)23-66-22-29/h6-9,12-13,20,25,29-31,34-35,42,60H,5,10-11,14-19,21-24H2,1-4H3,(H,52,61)(H,53,62)(H,55,63)(H,57,65)/t29?,30?,31-,34?,35?,42-/m1/s1. The summed E-state index contributed by atoms with van der Waals surface area (Å²) in [5.41, 5.74) is -0.230. The minimum absolute atomic E-state index is 0.0551. The summed E-state index contributed by atoms with van der Waals surface area (Å²) in [6.07, 6.45) is 2.75. The Kier molecular flexibility index (Phi) is 15.0. The molecule has 3 saturated heterocycles. The normalized spacial score (nSPS) is 21.3. The summed E-state index contributed by atoms with van der Waals surface area (Å²) in [6.45, 7) is 7.71. The number of amides is 5. The number of alkyl halides is 1. The second-order valence-corrected chi connectivity index (χ2v) is 20.9. The van der Waals surface area contributed by atoms with Crippen molar-refractivity contribution in [2.45, 2.75) is 115 Å². The van der Waals surface area contributed by atoms with E-state index in [0.29, 0.717) is 23.8 Å². The molecule has 21 heteroatoms. The molecule has 3 aliphatic heterocycles. The predicted molar refractivity (Wildman–Crippen MR) is 252 cm³/mol. The first-order valence-electron chi connectivity index (χ1n) is 23.2. The van der Waals surface area contributed by atoms with Crippen LogP contribution in [0.2, 0.25) is 0 Å². The summed E-state index contributed by atoms with van der Waals surface area (Å²) in [7, 11) is 0.